The van der Waals surface area contributed by atoms with Gasteiger partial charge in [0.25, 0.3) is 5.56 Å². The van der Waals surface area contributed by atoms with E-state index in [0.29, 0.717) is 6.61 Å². The Morgan fingerprint density at radius 2 is 1.89 bits per heavy atom. The molecule has 3 rings (SSSR count). The lowest BCUT2D eigenvalue weighted by molar-refractivity contribution is -0.137. The fourth-order valence-corrected chi connectivity index (χ4v) is 4.26. The number of aromatic hydroxyl groups is 1. The number of hydrogen-bond donors (Lipinski definition) is 3. The lowest BCUT2D eigenvalue weighted by Crippen LogP contribution is -2.27. The van der Waals surface area contributed by atoms with Crippen molar-refractivity contribution in [2.45, 2.75) is 39.1 Å². The Morgan fingerprint density at radius 1 is 1.18 bits per heavy atom. The number of ether oxygens (including phenoxy) is 1. The summed E-state index contributed by atoms with van der Waals surface area (Å²) in [6, 6.07) is 8.21. The minimum absolute atomic E-state index is 0.0235. The van der Waals surface area contributed by atoms with E-state index in [9.17, 15) is 33.1 Å². The van der Waals surface area contributed by atoms with E-state index in [1.807, 2.05) is 0 Å². The van der Waals surface area contributed by atoms with Crippen LogP contribution in [0, 0.1) is 11.3 Å². The van der Waals surface area contributed by atoms with Crippen molar-refractivity contribution in [1.82, 2.24) is 10.3 Å². The lowest BCUT2D eigenvalue weighted by atomic mass is 9.96. The predicted molar refractivity (Wildman–Crippen MR) is 137 cm³/mol. The molecule has 0 aliphatic heterocycles. The van der Waals surface area contributed by atoms with Crippen molar-refractivity contribution >= 4 is 29.1 Å². The molecule has 3 aromatic rings. The highest BCUT2D eigenvalue weighted by Gasteiger charge is 2.31. The van der Waals surface area contributed by atoms with Gasteiger partial charge in [0.05, 0.1) is 23.8 Å². The van der Waals surface area contributed by atoms with Crippen LogP contribution in [0.15, 0.2) is 41.2 Å². The van der Waals surface area contributed by atoms with Gasteiger partial charge in [0.1, 0.15) is 17.4 Å². The monoisotopic (exact) mass is 567 g/mol. The largest absolute Gasteiger partial charge is 0.507 e. The molecular weight excluding hydrogens is 546 g/mol. The molecule has 0 bridgehead atoms. The third-order valence-electron chi connectivity index (χ3n) is 5.57. The second-order valence-electron chi connectivity index (χ2n) is 8.31. The molecule has 0 spiro atoms. The summed E-state index contributed by atoms with van der Waals surface area (Å²) in [5.74, 6) is -0.672. The summed E-state index contributed by atoms with van der Waals surface area (Å²) in [5, 5.41) is 23.2. The molecule has 0 saturated heterocycles. The molecule has 1 unspecified atom stereocenters. The first-order valence-corrected chi connectivity index (χ1v) is 12.1. The van der Waals surface area contributed by atoms with E-state index < -0.39 is 22.9 Å². The van der Waals surface area contributed by atoms with Crippen molar-refractivity contribution in [1.29, 1.82) is 5.26 Å². The van der Waals surface area contributed by atoms with Crippen LogP contribution < -0.4 is 10.9 Å². The number of phenolic OH excluding ortho intramolecular Hbond substituents is 1. The summed E-state index contributed by atoms with van der Waals surface area (Å²) in [6.07, 6.45) is -4.92. The average Bonchev–Trinajstić information content (AvgIpc) is 2.83. The molecule has 0 radical (unpaired) electrons. The topological polar surface area (TPSA) is 115 Å². The van der Waals surface area contributed by atoms with Gasteiger partial charge in [-0.05, 0) is 50.2 Å². The molecule has 3 N–H and O–H groups in total. The fraction of sp³-hybridized carbons (Fsp3) is 0.269. The first-order chi connectivity index (χ1) is 17.8. The number of nitriles is 1. The van der Waals surface area contributed by atoms with Gasteiger partial charge in [0.15, 0.2) is 0 Å². The van der Waals surface area contributed by atoms with Crippen molar-refractivity contribution in [2.24, 2.45) is 0 Å². The molecule has 38 heavy (non-hydrogen) atoms. The Hall–Kier alpha value is -3.52. The number of nitrogens with zero attached hydrogens (tertiary/aromatic N) is 1. The highest BCUT2D eigenvalue weighted by molar-refractivity contribution is 6.33. The second kappa shape index (κ2) is 11.9. The number of carbonyl (C=O) groups is 1. The molecule has 0 saturated carbocycles. The SMILES string of the molecule is CCOC(C)CC(=O)NCc1cc(Cl)cc(-c2cc(-c3cc(C(F)(F)F)ccc3Cl)c(C#N)c(=O)[nH]2)c1O. The molecular formula is C26H22Cl2F3N3O4. The van der Waals surface area contributed by atoms with Crippen LogP contribution in [0.3, 0.4) is 0 Å². The average molecular weight is 568 g/mol. The molecule has 7 nitrogen and oxygen atoms in total. The van der Waals surface area contributed by atoms with Gasteiger partial charge in [-0.1, -0.05) is 23.2 Å². The smallest absolute Gasteiger partial charge is 0.416 e. The van der Waals surface area contributed by atoms with E-state index in [2.05, 4.69) is 10.3 Å². The predicted octanol–water partition coefficient (Wildman–Crippen LogP) is 6.04. The Kier molecular flexibility index (Phi) is 9.09. The minimum atomic E-state index is -4.69. The standard InChI is InChI=1S/C26H22Cl2F3N3O4/c1-3-38-13(2)6-23(35)33-12-14-7-16(27)9-19(24(14)36)22-10-17(20(11-32)25(37)34-22)18-8-15(26(29,30)31)4-5-21(18)28/h4-5,7-10,13,36H,3,6,12H2,1-2H3,(H,33,35)(H,34,37). The number of carbonyl (C=O) groups excluding carboxylic acids is 1. The van der Waals surface area contributed by atoms with Gasteiger partial charge in [-0.25, -0.2) is 0 Å². The molecule has 0 aliphatic carbocycles. The number of alkyl halides is 3. The third kappa shape index (κ3) is 6.67. The zero-order chi connectivity index (χ0) is 28.2. The van der Waals surface area contributed by atoms with Gasteiger partial charge in [0.2, 0.25) is 5.91 Å². The highest BCUT2D eigenvalue weighted by Crippen LogP contribution is 2.39. The van der Waals surface area contributed by atoms with E-state index in [-0.39, 0.29) is 68.7 Å². The fourth-order valence-electron chi connectivity index (χ4n) is 3.80. The van der Waals surface area contributed by atoms with E-state index in [0.717, 1.165) is 18.2 Å². The highest BCUT2D eigenvalue weighted by atomic mass is 35.5. The number of hydrogen-bond acceptors (Lipinski definition) is 5. The van der Waals surface area contributed by atoms with E-state index in [4.69, 9.17) is 27.9 Å². The maximum Gasteiger partial charge on any atom is 0.416 e. The summed E-state index contributed by atoms with van der Waals surface area (Å²) >= 11 is 12.4. The Morgan fingerprint density at radius 3 is 2.53 bits per heavy atom. The number of nitrogens with one attached hydrogen (secondary N) is 2. The number of halogens is 5. The summed E-state index contributed by atoms with van der Waals surface area (Å²) in [6.45, 7) is 3.89. The Bertz CT molecular complexity index is 1470. The molecule has 0 aliphatic rings. The molecule has 0 fully saturated rings. The van der Waals surface area contributed by atoms with Crippen molar-refractivity contribution in [3.8, 4) is 34.2 Å². The van der Waals surface area contributed by atoms with E-state index in [1.54, 1.807) is 19.9 Å². The number of aromatic nitrogens is 1. The number of phenols is 1. The molecule has 1 heterocycles. The third-order valence-corrected chi connectivity index (χ3v) is 6.12. The molecule has 1 atom stereocenters. The molecule has 200 valence electrons. The zero-order valence-corrected chi connectivity index (χ0v) is 21.7. The summed E-state index contributed by atoms with van der Waals surface area (Å²) in [7, 11) is 0. The van der Waals surface area contributed by atoms with Gasteiger partial charge < -0.3 is 20.1 Å². The van der Waals surface area contributed by atoms with Crippen LogP contribution >= 0.6 is 23.2 Å². The lowest BCUT2D eigenvalue weighted by Gasteiger charge is -2.15. The molecule has 1 aromatic heterocycles. The summed E-state index contributed by atoms with van der Waals surface area (Å²) < 4.78 is 45.4. The van der Waals surface area contributed by atoms with Crippen LogP contribution in [-0.2, 0) is 22.3 Å². The molecule has 1 amide bonds. The van der Waals surface area contributed by atoms with Crippen LogP contribution in [0.5, 0.6) is 5.75 Å². The van der Waals surface area contributed by atoms with Crippen molar-refractivity contribution < 1.29 is 27.8 Å². The van der Waals surface area contributed by atoms with Gasteiger partial charge in [0, 0.05) is 45.5 Å². The first-order valence-electron chi connectivity index (χ1n) is 11.3. The van der Waals surface area contributed by atoms with Crippen LogP contribution in [0.1, 0.15) is 37.0 Å². The zero-order valence-electron chi connectivity index (χ0n) is 20.2. The van der Waals surface area contributed by atoms with Crippen LogP contribution in [0.2, 0.25) is 10.0 Å². The van der Waals surface area contributed by atoms with Crippen molar-refractivity contribution in [2.75, 3.05) is 6.61 Å². The Labute approximate surface area is 225 Å². The number of rotatable bonds is 8. The molecule has 2 aromatic carbocycles. The maximum atomic E-state index is 13.3. The van der Waals surface area contributed by atoms with E-state index >= 15 is 0 Å². The number of benzene rings is 2. The quantitative estimate of drug-likeness (QED) is 0.307. The van der Waals surface area contributed by atoms with E-state index in [1.165, 1.54) is 18.2 Å². The number of pyridine rings is 1. The number of H-pyrrole nitrogens is 1. The van der Waals surface area contributed by atoms with Gasteiger partial charge in [-0.3, -0.25) is 9.59 Å². The molecule has 12 heteroatoms. The van der Waals surface area contributed by atoms with Crippen LogP contribution in [0.4, 0.5) is 13.2 Å². The second-order valence-corrected chi connectivity index (χ2v) is 9.16. The maximum absolute atomic E-state index is 13.3. The summed E-state index contributed by atoms with van der Waals surface area (Å²) in [5.41, 5.74) is -2.55. The van der Waals surface area contributed by atoms with Crippen molar-refractivity contribution in [3.63, 3.8) is 0 Å². The number of amides is 1. The normalized spacial score (nSPS) is 12.2. The number of aromatic amines is 1. The minimum Gasteiger partial charge on any atom is -0.507 e. The van der Waals surface area contributed by atoms with Gasteiger partial charge in [-0.15, -0.1) is 0 Å². The summed E-state index contributed by atoms with van der Waals surface area (Å²) in [4.78, 5) is 27.4. The van der Waals surface area contributed by atoms with Gasteiger partial charge >= 0.3 is 6.18 Å². The first kappa shape index (κ1) is 29.0. The van der Waals surface area contributed by atoms with Crippen molar-refractivity contribution in [3.05, 3.63) is 73.5 Å². The van der Waals surface area contributed by atoms with Crippen LogP contribution in [0.25, 0.3) is 22.4 Å². The Balaban J connectivity index is 2.08. The van der Waals surface area contributed by atoms with Gasteiger partial charge in [-0.2, -0.15) is 18.4 Å². The van der Waals surface area contributed by atoms with Crippen LogP contribution in [-0.4, -0.2) is 28.7 Å².